The van der Waals surface area contributed by atoms with Gasteiger partial charge >= 0.3 is 6.18 Å². The third-order valence-corrected chi connectivity index (χ3v) is 4.97. The Labute approximate surface area is 189 Å². The molecule has 0 fully saturated rings. The van der Waals surface area contributed by atoms with E-state index in [9.17, 15) is 18.0 Å². The summed E-state index contributed by atoms with van der Waals surface area (Å²) in [5, 5.41) is 4.45. The van der Waals surface area contributed by atoms with Crippen LogP contribution in [0.2, 0.25) is 5.02 Å². The van der Waals surface area contributed by atoms with Gasteiger partial charge in [0.1, 0.15) is 12.4 Å². The number of halogens is 5. The van der Waals surface area contributed by atoms with Crippen LogP contribution in [-0.2, 0) is 12.8 Å². The van der Waals surface area contributed by atoms with Crippen LogP contribution in [0.4, 0.5) is 13.2 Å². The van der Waals surface area contributed by atoms with Crippen LogP contribution >= 0.6 is 27.5 Å². The van der Waals surface area contributed by atoms with Crippen molar-refractivity contribution in [2.75, 3.05) is 0 Å². The highest BCUT2D eigenvalue weighted by molar-refractivity contribution is 9.10. The topological polar surface area (TPSA) is 50.7 Å². The molecule has 4 nitrogen and oxygen atoms in total. The SMILES string of the molecule is O=C(N/N=C\c1ccc(OCc2ccc(Cl)cc2)c(Br)c1)c1cccc(C(F)(F)F)c1. The number of nitrogens with one attached hydrogen (secondary N) is 1. The zero-order valence-corrected chi connectivity index (χ0v) is 18.1. The molecule has 160 valence electrons. The fourth-order valence-electron chi connectivity index (χ4n) is 2.52. The Morgan fingerprint density at radius 3 is 2.52 bits per heavy atom. The van der Waals surface area contributed by atoms with Crippen LogP contribution in [0.1, 0.15) is 27.0 Å². The maximum absolute atomic E-state index is 12.8. The second kappa shape index (κ2) is 9.98. The van der Waals surface area contributed by atoms with E-state index in [4.69, 9.17) is 16.3 Å². The van der Waals surface area contributed by atoms with Crippen LogP contribution in [0.25, 0.3) is 0 Å². The second-order valence-electron chi connectivity index (χ2n) is 6.38. The van der Waals surface area contributed by atoms with Gasteiger partial charge in [-0.05, 0) is 75.6 Å². The Bertz CT molecular complexity index is 1100. The summed E-state index contributed by atoms with van der Waals surface area (Å²) in [5.74, 6) is -0.135. The molecule has 3 aromatic rings. The van der Waals surface area contributed by atoms with Crippen molar-refractivity contribution in [2.45, 2.75) is 12.8 Å². The van der Waals surface area contributed by atoms with E-state index in [1.807, 2.05) is 12.1 Å². The first kappa shape index (κ1) is 22.8. The number of hydrazone groups is 1. The maximum atomic E-state index is 12.8. The van der Waals surface area contributed by atoms with Gasteiger partial charge in [-0.3, -0.25) is 4.79 Å². The molecular formula is C22H15BrClF3N2O2. The summed E-state index contributed by atoms with van der Waals surface area (Å²) in [4.78, 5) is 12.0. The Morgan fingerprint density at radius 2 is 1.84 bits per heavy atom. The Morgan fingerprint density at radius 1 is 1.10 bits per heavy atom. The molecule has 0 heterocycles. The van der Waals surface area contributed by atoms with Crippen molar-refractivity contribution in [1.82, 2.24) is 5.43 Å². The van der Waals surface area contributed by atoms with Gasteiger partial charge in [0.2, 0.25) is 0 Å². The van der Waals surface area contributed by atoms with Gasteiger partial charge in [0.15, 0.2) is 0 Å². The standard InChI is InChI=1S/C22H15BrClF3N2O2/c23-19-10-15(6-9-20(19)31-13-14-4-7-18(24)8-5-14)12-28-29-21(30)16-2-1-3-17(11-16)22(25,26)27/h1-12H,13H2,(H,29,30)/b28-12-. The lowest BCUT2D eigenvalue weighted by Crippen LogP contribution is -2.18. The Kier molecular flexibility index (Phi) is 7.35. The Balaban J connectivity index is 1.59. The number of hydrogen-bond acceptors (Lipinski definition) is 3. The van der Waals surface area contributed by atoms with Gasteiger partial charge < -0.3 is 4.74 Å². The predicted octanol–water partition coefficient (Wildman–Crippen LogP) is 6.46. The molecule has 9 heteroatoms. The van der Waals surface area contributed by atoms with Crippen LogP contribution in [0.3, 0.4) is 0 Å². The highest BCUT2D eigenvalue weighted by atomic mass is 79.9. The van der Waals surface area contributed by atoms with Gasteiger partial charge in [0, 0.05) is 10.6 Å². The molecule has 1 amide bonds. The van der Waals surface area contributed by atoms with Crippen LogP contribution in [0.15, 0.2) is 76.3 Å². The lowest BCUT2D eigenvalue weighted by atomic mass is 10.1. The summed E-state index contributed by atoms with van der Waals surface area (Å²) in [6.45, 7) is 0.357. The Hall–Kier alpha value is -2.84. The van der Waals surface area contributed by atoms with E-state index in [1.165, 1.54) is 18.3 Å². The normalized spacial score (nSPS) is 11.5. The highest BCUT2D eigenvalue weighted by Crippen LogP contribution is 2.29. The molecule has 0 saturated heterocycles. The molecular weight excluding hydrogens is 497 g/mol. The van der Waals surface area contributed by atoms with E-state index in [-0.39, 0.29) is 5.56 Å². The van der Waals surface area contributed by atoms with Crippen molar-refractivity contribution in [3.8, 4) is 5.75 Å². The number of benzene rings is 3. The van der Waals surface area contributed by atoms with Gasteiger partial charge in [-0.2, -0.15) is 18.3 Å². The maximum Gasteiger partial charge on any atom is 0.416 e. The number of hydrogen-bond donors (Lipinski definition) is 1. The van der Waals surface area contributed by atoms with E-state index < -0.39 is 17.6 Å². The van der Waals surface area contributed by atoms with E-state index in [1.54, 1.807) is 30.3 Å². The van der Waals surface area contributed by atoms with E-state index in [0.29, 0.717) is 27.4 Å². The monoisotopic (exact) mass is 510 g/mol. The fourth-order valence-corrected chi connectivity index (χ4v) is 3.16. The van der Waals surface area contributed by atoms with Gasteiger partial charge in [-0.25, -0.2) is 5.43 Å². The molecule has 0 spiro atoms. The van der Waals surface area contributed by atoms with Crippen molar-refractivity contribution in [2.24, 2.45) is 5.10 Å². The van der Waals surface area contributed by atoms with Gasteiger partial charge in [0.05, 0.1) is 16.3 Å². The van der Waals surface area contributed by atoms with Crippen molar-refractivity contribution >= 4 is 39.7 Å². The lowest BCUT2D eigenvalue weighted by Gasteiger charge is -2.09. The third-order valence-electron chi connectivity index (χ3n) is 4.10. The van der Waals surface area contributed by atoms with Gasteiger partial charge in [-0.15, -0.1) is 0 Å². The molecule has 0 aromatic heterocycles. The molecule has 0 unspecified atom stereocenters. The van der Waals surface area contributed by atoms with Crippen molar-refractivity contribution in [3.63, 3.8) is 0 Å². The summed E-state index contributed by atoms with van der Waals surface area (Å²) in [7, 11) is 0. The summed E-state index contributed by atoms with van der Waals surface area (Å²) >= 11 is 9.28. The van der Waals surface area contributed by atoms with Crippen LogP contribution < -0.4 is 10.2 Å². The molecule has 31 heavy (non-hydrogen) atoms. The van der Waals surface area contributed by atoms with E-state index in [2.05, 4.69) is 26.5 Å². The van der Waals surface area contributed by atoms with E-state index >= 15 is 0 Å². The zero-order chi connectivity index (χ0) is 22.4. The number of ether oxygens (including phenoxy) is 1. The number of carbonyl (C=O) groups excluding carboxylic acids is 1. The average Bonchev–Trinajstić information content (AvgIpc) is 2.74. The van der Waals surface area contributed by atoms with Crippen LogP contribution in [0, 0.1) is 0 Å². The summed E-state index contributed by atoms with van der Waals surface area (Å²) in [5.41, 5.74) is 2.78. The summed E-state index contributed by atoms with van der Waals surface area (Å²) in [6, 6.07) is 16.6. The van der Waals surface area contributed by atoms with Gasteiger partial charge in [-0.1, -0.05) is 29.8 Å². The molecule has 0 radical (unpaired) electrons. The smallest absolute Gasteiger partial charge is 0.416 e. The molecule has 0 bridgehead atoms. The number of rotatable bonds is 6. The highest BCUT2D eigenvalue weighted by Gasteiger charge is 2.30. The number of nitrogens with zero attached hydrogens (tertiary/aromatic N) is 1. The molecule has 0 saturated carbocycles. The van der Waals surface area contributed by atoms with Crippen molar-refractivity contribution in [1.29, 1.82) is 0 Å². The number of amides is 1. The molecule has 0 atom stereocenters. The van der Waals surface area contributed by atoms with Gasteiger partial charge in [0.25, 0.3) is 5.91 Å². The lowest BCUT2D eigenvalue weighted by molar-refractivity contribution is -0.137. The number of carbonyl (C=O) groups is 1. The molecule has 0 aliphatic carbocycles. The number of alkyl halides is 3. The molecule has 3 aromatic carbocycles. The summed E-state index contributed by atoms with van der Waals surface area (Å²) in [6.07, 6.45) is -3.15. The fraction of sp³-hybridized carbons (Fsp3) is 0.0909. The minimum atomic E-state index is -4.52. The van der Waals surface area contributed by atoms with Crippen molar-refractivity contribution < 1.29 is 22.7 Å². The first-order valence-corrected chi connectivity index (χ1v) is 10.1. The zero-order valence-electron chi connectivity index (χ0n) is 15.8. The first-order chi connectivity index (χ1) is 14.7. The second-order valence-corrected chi connectivity index (χ2v) is 7.67. The first-order valence-electron chi connectivity index (χ1n) is 8.90. The van der Waals surface area contributed by atoms with Crippen LogP contribution in [0.5, 0.6) is 5.75 Å². The quantitative estimate of drug-likeness (QED) is 0.305. The molecule has 0 aliphatic rings. The molecule has 0 aliphatic heterocycles. The third kappa shape index (κ3) is 6.57. The summed E-state index contributed by atoms with van der Waals surface area (Å²) < 4.78 is 44.7. The molecule has 3 rings (SSSR count). The largest absolute Gasteiger partial charge is 0.488 e. The minimum absolute atomic E-state index is 0.140. The predicted molar refractivity (Wildman–Crippen MR) is 116 cm³/mol. The average molecular weight is 512 g/mol. The molecule has 1 N–H and O–H groups in total. The van der Waals surface area contributed by atoms with Crippen LogP contribution in [-0.4, -0.2) is 12.1 Å². The van der Waals surface area contributed by atoms with Crippen molar-refractivity contribution in [3.05, 3.63) is 98.5 Å². The van der Waals surface area contributed by atoms with E-state index in [0.717, 1.165) is 17.7 Å². The minimum Gasteiger partial charge on any atom is -0.488 e.